The monoisotopic (exact) mass is 282 g/mol. The van der Waals surface area contributed by atoms with E-state index in [9.17, 15) is 9.90 Å². The van der Waals surface area contributed by atoms with Crippen LogP contribution in [0.25, 0.3) is 0 Å². The molecule has 5 N–H and O–H groups in total. The number of aliphatic hydroxyl groups excluding tert-OH is 1. The number of benzene rings is 1. The van der Waals surface area contributed by atoms with Crippen molar-refractivity contribution < 1.29 is 24.1 Å². The molecule has 0 radical (unpaired) electrons. The molecule has 1 unspecified atom stereocenters. The van der Waals surface area contributed by atoms with Crippen molar-refractivity contribution >= 4 is 11.8 Å². The van der Waals surface area contributed by atoms with Crippen LogP contribution < -0.4 is 20.9 Å². The summed E-state index contributed by atoms with van der Waals surface area (Å²) >= 11 is 0. The second-order valence-electron chi connectivity index (χ2n) is 5.14. The molecule has 20 heavy (non-hydrogen) atoms. The molecule has 7 heteroatoms. The normalized spacial score (nSPS) is 23.4. The minimum atomic E-state index is -1.07. The van der Waals surface area contributed by atoms with E-state index in [-0.39, 0.29) is 0 Å². The molecule has 0 bridgehead atoms. The molecule has 2 atom stereocenters. The first kappa shape index (κ1) is 14.3. The second kappa shape index (κ2) is 4.75. The predicted octanol–water partition coefficient (Wildman–Crippen LogP) is 0.946. The number of rotatable bonds is 2. The van der Waals surface area contributed by atoms with Gasteiger partial charge in [0.2, 0.25) is 0 Å². The van der Waals surface area contributed by atoms with E-state index in [2.05, 4.69) is 0 Å². The van der Waals surface area contributed by atoms with Crippen molar-refractivity contribution in [3.63, 3.8) is 0 Å². The highest BCUT2D eigenvalue weighted by molar-refractivity contribution is 5.66. The van der Waals surface area contributed by atoms with Crippen molar-refractivity contribution in [1.29, 1.82) is 0 Å². The van der Waals surface area contributed by atoms with Gasteiger partial charge in [-0.3, -0.25) is 0 Å². The van der Waals surface area contributed by atoms with Crippen LogP contribution in [0.15, 0.2) is 12.1 Å². The van der Waals surface area contributed by atoms with Crippen molar-refractivity contribution in [3.05, 3.63) is 17.7 Å². The maximum absolute atomic E-state index is 11.0. The van der Waals surface area contributed by atoms with Gasteiger partial charge in [-0.05, 0) is 19.9 Å². The lowest BCUT2D eigenvalue weighted by atomic mass is 9.88. The van der Waals surface area contributed by atoms with Crippen LogP contribution in [0.4, 0.5) is 10.5 Å². The van der Waals surface area contributed by atoms with E-state index >= 15 is 0 Å². The fraction of sp³-hybridized carbons (Fsp3) is 0.462. The fourth-order valence-corrected chi connectivity index (χ4v) is 2.21. The molecule has 0 saturated heterocycles. The quantitative estimate of drug-likeness (QED) is 0.695. The van der Waals surface area contributed by atoms with Gasteiger partial charge in [0.25, 0.3) is 0 Å². The van der Waals surface area contributed by atoms with Gasteiger partial charge in [0.1, 0.15) is 23.2 Å². The predicted molar refractivity (Wildman–Crippen MR) is 71.5 cm³/mol. The van der Waals surface area contributed by atoms with Gasteiger partial charge >= 0.3 is 6.09 Å². The summed E-state index contributed by atoms with van der Waals surface area (Å²) < 4.78 is 15.8. The molecule has 1 aliphatic heterocycles. The van der Waals surface area contributed by atoms with Gasteiger partial charge in [-0.15, -0.1) is 0 Å². The van der Waals surface area contributed by atoms with E-state index in [1.54, 1.807) is 26.0 Å². The molecule has 110 valence electrons. The number of aliphatic hydroxyl groups is 1. The van der Waals surface area contributed by atoms with Crippen LogP contribution in [0.1, 0.15) is 25.5 Å². The number of primary amides is 1. The second-order valence-corrected chi connectivity index (χ2v) is 5.14. The summed E-state index contributed by atoms with van der Waals surface area (Å²) in [6.07, 6.45) is -3.00. The van der Waals surface area contributed by atoms with Crippen LogP contribution in [0.5, 0.6) is 11.5 Å². The van der Waals surface area contributed by atoms with Crippen LogP contribution in [-0.2, 0) is 4.74 Å². The highest BCUT2D eigenvalue weighted by Crippen LogP contribution is 2.45. The molecular formula is C13H18N2O5. The first-order valence-electron chi connectivity index (χ1n) is 6.07. The third kappa shape index (κ3) is 2.32. The van der Waals surface area contributed by atoms with Crippen molar-refractivity contribution in [3.8, 4) is 11.5 Å². The number of ether oxygens (including phenoxy) is 3. The highest BCUT2D eigenvalue weighted by atomic mass is 16.6. The Kier molecular flexibility index (Phi) is 3.39. The van der Waals surface area contributed by atoms with Gasteiger partial charge in [-0.25, -0.2) is 4.79 Å². The summed E-state index contributed by atoms with van der Waals surface area (Å²) in [5, 5.41) is 10.3. The number of amides is 1. The van der Waals surface area contributed by atoms with Gasteiger partial charge in [0.15, 0.2) is 6.10 Å². The molecule has 0 fully saturated rings. The van der Waals surface area contributed by atoms with Crippen LogP contribution >= 0.6 is 0 Å². The molecule has 0 spiro atoms. The van der Waals surface area contributed by atoms with E-state index in [4.69, 9.17) is 25.7 Å². The zero-order valence-electron chi connectivity index (χ0n) is 11.5. The Morgan fingerprint density at radius 2 is 2.10 bits per heavy atom. The summed E-state index contributed by atoms with van der Waals surface area (Å²) in [5.41, 5.74) is 10.8. The summed E-state index contributed by atoms with van der Waals surface area (Å²) in [6.45, 7) is 3.36. The standard InChI is InChI=1S/C13H18N2O5/c1-13(2)11(16)10(19-12(15)17)6-4-9(18-3)7(14)5-8(6)20-13/h4-5,10-11,16H,14H2,1-3H3,(H2,15,17)/t10-,11?/m0/s1. The number of fused-ring (bicyclic) bond motifs is 1. The van der Waals surface area contributed by atoms with Crippen molar-refractivity contribution in [1.82, 2.24) is 0 Å². The lowest BCUT2D eigenvalue weighted by Crippen LogP contribution is -2.50. The summed E-state index contributed by atoms with van der Waals surface area (Å²) in [7, 11) is 1.46. The maximum atomic E-state index is 11.0. The lowest BCUT2D eigenvalue weighted by Gasteiger charge is -2.41. The number of nitrogens with two attached hydrogens (primary N) is 2. The molecule has 1 aromatic carbocycles. The Morgan fingerprint density at radius 1 is 1.45 bits per heavy atom. The van der Waals surface area contributed by atoms with E-state index in [0.717, 1.165) is 0 Å². The number of carbonyl (C=O) groups is 1. The van der Waals surface area contributed by atoms with E-state index in [1.165, 1.54) is 7.11 Å². The molecule has 7 nitrogen and oxygen atoms in total. The van der Waals surface area contributed by atoms with Gasteiger partial charge < -0.3 is 30.8 Å². The largest absolute Gasteiger partial charge is 0.495 e. The third-order valence-electron chi connectivity index (χ3n) is 3.28. The van der Waals surface area contributed by atoms with Gasteiger partial charge in [-0.2, -0.15) is 0 Å². The Hall–Kier alpha value is -2.15. The van der Waals surface area contributed by atoms with E-state index in [0.29, 0.717) is 22.7 Å². The number of methoxy groups -OCH3 is 1. The summed E-state index contributed by atoms with van der Waals surface area (Å²) in [5.74, 6) is 0.821. The SMILES string of the molecule is COc1cc2c(cc1N)OC(C)(C)C(O)[C@H]2OC(N)=O. The average molecular weight is 282 g/mol. The van der Waals surface area contributed by atoms with E-state index < -0.39 is 23.9 Å². The van der Waals surface area contributed by atoms with Crippen molar-refractivity contribution in [2.75, 3.05) is 12.8 Å². The molecule has 1 heterocycles. The van der Waals surface area contributed by atoms with Crippen LogP contribution in [0, 0.1) is 0 Å². The van der Waals surface area contributed by atoms with Gasteiger partial charge in [0, 0.05) is 11.6 Å². The Bertz CT molecular complexity index is 544. The van der Waals surface area contributed by atoms with E-state index in [1.807, 2.05) is 0 Å². The molecule has 2 rings (SSSR count). The first-order chi connectivity index (χ1) is 9.26. The van der Waals surface area contributed by atoms with Crippen LogP contribution in [-0.4, -0.2) is 30.0 Å². The minimum absolute atomic E-state index is 0.385. The van der Waals surface area contributed by atoms with Gasteiger partial charge in [0.05, 0.1) is 12.8 Å². The van der Waals surface area contributed by atoms with Crippen LogP contribution in [0.2, 0.25) is 0 Å². The molecule has 1 amide bonds. The lowest BCUT2D eigenvalue weighted by molar-refractivity contribution is -0.112. The number of anilines is 1. The Labute approximate surface area is 116 Å². The maximum Gasteiger partial charge on any atom is 0.405 e. The van der Waals surface area contributed by atoms with Gasteiger partial charge in [-0.1, -0.05) is 0 Å². The zero-order chi connectivity index (χ0) is 15.1. The topological polar surface area (TPSA) is 117 Å². The Balaban J connectivity index is 2.55. The van der Waals surface area contributed by atoms with Crippen molar-refractivity contribution in [2.45, 2.75) is 31.7 Å². The molecule has 0 saturated carbocycles. The fourth-order valence-electron chi connectivity index (χ4n) is 2.21. The van der Waals surface area contributed by atoms with Crippen molar-refractivity contribution in [2.24, 2.45) is 5.73 Å². The first-order valence-corrected chi connectivity index (χ1v) is 6.07. The smallest absolute Gasteiger partial charge is 0.405 e. The molecule has 0 aromatic heterocycles. The third-order valence-corrected chi connectivity index (χ3v) is 3.28. The minimum Gasteiger partial charge on any atom is -0.495 e. The molecular weight excluding hydrogens is 264 g/mol. The van der Waals surface area contributed by atoms with Crippen LogP contribution in [0.3, 0.4) is 0 Å². The number of nitrogen functional groups attached to an aromatic ring is 1. The molecule has 0 aliphatic carbocycles. The number of hydrogen-bond donors (Lipinski definition) is 3. The highest BCUT2D eigenvalue weighted by Gasteiger charge is 2.45. The molecule has 1 aromatic rings. The number of hydrogen-bond acceptors (Lipinski definition) is 6. The Morgan fingerprint density at radius 3 is 2.65 bits per heavy atom. The molecule has 1 aliphatic rings. The zero-order valence-corrected chi connectivity index (χ0v) is 11.5. The average Bonchev–Trinajstić information content (AvgIpc) is 2.34. The summed E-state index contributed by atoms with van der Waals surface area (Å²) in [4.78, 5) is 11.0. The number of carbonyl (C=O) groups excluding carboxylic acids is 1. The summed E-state index contributed by atoms with van der Waals surface area (Å²) in [6, 6.07) is 3.13.